The molecular weight excluding hydrogens is 232 g/mol. The summed E-state index contributed by atoms with van der Waals surface area (Å²) < 4.78 is 5.72. The number of fused-ring (bicyclic) bond motifs is 1. The topological polar surface area (TPSA) is 34.2 Å². The summed E-state index contributed by atoms with van der Waals surface area (Å²) in [7, 11) is 1.93. The van der Waals surface area contributed by atoms with E-state index < -0.39 is 0 Å². The van der Waals surface area contributed by atoms with E-state index in [1.807, 2.05) is 13.2 Å². The summed E-state index contributed by atoms with van der Waals surface area (Å²) in [5.74, 6) is 1.05. The van der Waals surface area contributed by atoms with Gasteiger partial charge in [0.05, 0.1) is 11.5 Å². The van der Waals surface area contributed by atoms with Crippen molar-refractivity contribution in [3.8, 4) is 16.2 Å². The van der Waals surface area contributed by atoms with Crippen LogP contribution in [0, 0.1) is 0 Å². The smallest absolute Gasteiger partial charge is 0.131 e. The van der Waals surface area contributed by atoms with Crippen molar-refractivity contribution in [3.63, 3.8) is 0 Å². The Morgan fingerprint density at radius 3 is 3.29 bits per heavy atom. The maximum Gasteiger partial charge on any atom is 0.131 e. The van der Waals surface area contributed by atoms with Gasteiger partial charge in [-0.1, -0.05) is 12.1 Å². The number of thiazole rings is 1. The van der Waals surface area contributed by atoms with Crippen LogP contribution in [0.5, 0.6) is 5.75 Å². The molecule has 0 spiro atoms. The Labute approximate surface area is 104 Å². The molecule has 3 rings (SSSR count). The minimum atomic E-state index is 0.800. The van der Waals surface area contributed by atoms with Gasteiger partial charge >= 0.3 is 0 Å². The molecule has 88 valence electrons. The van der Waals surface area contributed by atoms with Crippen LogP contribution >= 0.6 is 11.3 Å². The molecule has 0 unspecified atom stereocenters. The maximum absolute atomic E-state index is 5.72. The molecule has 1 N–H and O–H groups in total. The number of hydrogen-bond donors (Lipinski definition) is 1. The van der Waals surface area contributed by atoms with Crippen molar-refractivity contribution >= 4 is 11.3 Å². The normalized spacial score (nSPS) is 13.5. The van der Waals surface area contributed by atoms with Crippen molar-refractivity contribution in [1.82, 2.24) is 10.3 Å². The molecule has 0 saturated carbocycles. The van der Waals surface area contributed by atoms with Crippen molar-refractivity contribution in [1.29, 1.82) is 0 Å². The highest BCUT2D eigenvalue weighted by atomic mass is 32.1. The van der Waals surface area contributed by atoms with Crippen molar-refractivity contribution in [3.05, 3.63) is 35.0 Å². The first kappa shape index (κ1) is 10.7. The van der Waals surface area contributed by atoms with Crippen molar-refractivity contribution in [2.45, 2.75) is 13.0 Å². The Morgan fingerprint density at radius 2 is 2.41 bits per heavy atom. The van der Waals surface area contributed by atoms with Gasteiger partial charge in [-0.15, -0.1) is 11.3 Å². The zero-order valence-electron chi connectivity index (χ0n) is 9.69. The average molecular weight is 246 g/mol. The second-order valence-corrected chi connectivity index (χ2v) is 5.16. The molecule has 1 aliphatic heterocycles. The van der Waals surface area contributed by atoms with Gasteiger partial charge in [0.25, 0.3) is 0 Å². The van der Waals surface area contributed by atoms with E-state index in [1.54, 1.807) is 11.3 Å². The minimum absolute atomic E-state index is 0.800. The number of para-hydroxylation sites is 1. The molecule has 0 amide bonds. The fourth-order valence-corrected chi connectivity index (χ4v) is 3.03. The SMILES string of the molecule is CNCc1ncc(-c2cccc3c2OCC3)s1. The quantitative estimate of drug-likeness (QED) is 0.903. The van der Waals surface area contributed by atoms with Gasteiger partial charge in [0.2, 0.25) is 0 Å². The van der Waals surface area contributed by atoms with Crippen LogP contribution in [0.25, 0.3) is 10.4 Å². The molecule has 0 atom stereocenters. The Bertz CT molecular complexity index is 536. The summed E-state index contributed by atoms with van der Waals surface area (Å²) in [4.78, 5) is 5.60. The lowest BCUT2D eigenvalue weighted by atomic mass is 10.1. The van der Waals surface area contributed by atoms with E-state index in [9.17, 15) is 0 Å². The molecule has 4 heteroatoms. The largest absolute Gasteiger partial charge is 0.492 e. The van der Waals surface area contributed by atoms with Gasteiger partial charge in [0.15, 0.2) is 0 Å². The fourth-order valence-electron chi connectivity index (χ4n) is 2.08. The molecule has 0 fully saturated rings. The first-order chi connectivity index (χ1) is 8.38. The molecule has 0 bridgehead atoms. The molecule has 3 nitrogen and oxygen atoms in total. The second kappa shape index (κ2) is 4.47. The van der Waals surface area contributed by atoms with Crippen LogP contribution in [0.15, 0.2) is 24.4 Å². The number of nitrogens with one attached hydrogen (secondary N) is 1. The molecule has 2 aromatic rings. The number of rotatable bonds is 3. The molecule has 1 aromatic carbocycles. The van der Waals surface area contributed by atoms with Gasteiger partial charge in [0.1, 0.15) is 10.8 Å². The van der Waals surface area contributed by atoms with Crippen LogP contribution < -0.4 is 10.1 Å². The van der Waals surface area contributed by atoms with E-state index in [4.69, 9.17) is 4.74 Å². The standard InChI is InChI=1S/C13H14N2OS/c1-14-8-12-15-7-11(17-12)10-4-2-3-9-5-6-16-13(9)10/h2-4,7,14H,5-6,8H2,1H3. The summed E-state index contributed by atoms with van der Waals surface area (Å²) in [5, 5.41) is 4.23. The monoisotopic (exact) mass is 246 g/mol. The predicted octanol–water partition coefficient (Wildman–Crippen LogP) is 2.46. The van der Waals surface area contributed by atoms with E-state index in [-0.39, 0.29) is 0 Å². The molecule has 0 saturated heterocycles. The molecule has 1 aliphatic rings. The number of benzene rings is 1. The lowest BCUT2D eigenvalue weighted by molar-refractivity contribution is 0.358. The third-order valence-electron chi connectivity index (χ3n) is 2.86. The highest BCUT2D eigenvalue weighted by Crippen LogP contribution is 2.38. The molecule has 1 aromatic heterocycles. The maximum atomic E-state index is 5.72. The number of aromatic nitrogens is 1. The van der Waals surface area contributed by atoms with Gasteiger partial charge in [-0.3, -0.25) is 0 Å². The predicted molar refractivity (Wildman–Crippen MR) is 69.5 cm³/mol. The van der Waals surface area contributed by atoms with Gasteiger partial charge in [0, 0.05) is 24.7 Å². The highest BCUT2D eigenvalue weighted by Gasteiger charge is 2.18. The highest BCUT2D eigenvalue weighted by molar-refractivity contribution is 7.15. The summed E-state index contributed by atoms with van der Waals surface area (Å²) in [6.45, 7) is 1.62. The molecule has 0 aliphatic carbocycles. The summed E-state index contributed by atoms with van der Waals surface area (Å²) in [6.07, 6.45) is 2.96. The van der Waals surface area contributed by atoms with E-state index in [0.29, 0.717) is 0 Å². The number of ether oxygens (including phenoxy) is 1. The van der Waals surface area contributed by atoms with E-state index in [2.05, 4.69) is 28.5 Å². The number of nitrogens with zero attached hydrogens (tertiary/aromatic N) is 1. The van der Waals surface area contributed by atoms with Crippen LogP contribution in [-0.4, -0.2) is 18.6 Å². The first-order valence-corrected chi connectivity index (χ1v) is 6.54. The van der Waals surface area contributed by atoms with Gasteiger partial charge in [-0.2, -0.15) is 0 Å². The Hall–Kier alpha value is -1.39. The van der Waals surface area contributed by atoms with Crippen LogP contribution in [0.3, 0.4) is 0 Å². The van der Waals surface area contributed by atoms with Gasteiger partial charge in [-0.25, -0.2) is 4.98 Å². The first-order valence-electron chi connectivity index (χ1n) is 5.73. The van der Waals surface area contributed by atoms with E-state index in [0.717, 1.165) is 30.3 Å². The second-order valence-electron chi connectivity index (χ2n) is 4.04. The fraction of sp³-hybridized carbons (Fsp3) is 0.308. The summed E-state index contributed by atoms with van der Waals surface area (Å²) in [6, 6.07) is 6.35. The van der Waals surface area contributed by atoms with Crippen molar-refractivity contribution < 1.29 is 4.74 Å². The molecular formula is C13H14N2OS. The zero-order valence-corrected chi connectivity index (χ0v) is 10.5. The Balaban J connectivity index is 2.00. The molecule has 2 heterocycles. The summed E-state index contributed by atoms with van der Waals surface area (Å²) >= 11 is 1.72. The van der Waals surface area contributed by atoms with Gasteiger partial charge < -0.3 is 10.1 Å². The Morgan fingerprint density at radius 1 is 1.47 bits per heavy atom. The van der Waals surface area contributed by atoms with Gasteiger partial charge in [-0.05, 0) is 18.7 Å². The van der Waals surface area contributed by atoms with Crippen LogP contribution in [0.2, 0.25) is 0 Å². The van der Waals surface area contributed by atoms with Crippen LogP contribution in [0.1, 0.15) is 10.6 Å². The van der Waals surface area contributed by atoms with Crippen LogP contribution in [-0.2, 0) is 13.0 Å². The lowest BCUT2D eigenvalue weighted by Crippen LogP contribution is -2.03. The van der Waals surface area contributed by atoms with Crippen LogP contribution in [0.4, 0.5) is 0 Å². The minimum Gasteiger partial charge on any atom is -0.492 e. The average Bonchev–Trinajstić information content (AvgIpc) is 2.96. The van der Waals surface area contributed by atoms with E-state index >= 15 is 0 Å². The summed E-state index contributed by atoms with van der Waals surface area (Å²) in [5.41, 5.74) is 2.49. The van der Waals surface area contributed by atoms with Crippen molar-refractivity contribution in [2.24, 2.45) is 0 Å². The third kappa shape index (κ3) is 1.94. The zero-order chi connectivity index (χ0) is 11.7. The Kier molecular flexibility index (Phi) is 2.82. The van der Waals surface area contributed by atoms with E-state index in [1.165, 1.54) is 16.0 Å². The number of hydrogen-bond acceptors (Lipinski definition) is 4. The molecule has 0 radical (unpaired) electrons. The van der Waals surface area contributed by atoms with Crippen molar-refractivity contribution in [2.75, 3.05) is 13.7 Å². The lowest BCUT2D eigenvalue weighted by Gasteiger charge is -2.04. The third-order valence-corrected chi connectivity index (χ3v) is 3.89. The molecule has 17 heavy (non-hydrogen) atoms.